The summed E-state index contributed by atoms with van der Waals surface area (Å²) < 4.78 is 25.0. The number of hydrogen-bond donors (Lipinski definition) is 2. The number of carbonyl (C=O) groups excluding carboxylic acids is 2. The Hall–Kier alpha value is -3.24. The van der Waals surface area contributed by atoms with Crippen molar-refractivity contribution in [3.63, 3.8) is 0 Å². The van der Waals surface area contributed by atoms with E-state index in [9.17, 15) is 18.0 Å². The van der Waals surface area contributed by atoms with Crippen LogP contribution >= 0.6 is 11.3 Å². The third-order valence-corrected chi connectivity index (χ3v) is 6.52. The Labute approximate surface area is 177 Å². The zero-order valence-electron chi connectivity index (χ0n) is 16.0. The van der Waals surface area contributed by atoms with E-state index in [2.05, 4.69) is 15.6 Å². The summed E-state index contributed by atoms with van der Waals surface area (Å²) in [5.74, 6) is -0.590. The van der Waals surface area contributed by atoms with Gasteiger partial charge >= 0.3 is 0 Å². The van der Waals surface area contributed by atoms with E-state index in [-0.39, 0.29) is 11.8 Å². The van der Waals surface area contributed by atoms with Crippen molar-refractivity contribution in [1.82, 2.24) is 4.98 Å². The van der Waals surface area contributed by atoms with Gasteiger partial charge in [-0.15, -0.1) is 11.3 Å². The molecule has 2 heterocycles. The fourth-order valence-electron chi connectivity index (χ4n) is 3.22. The highest BCUT2D eigenvalue weighted by atomic mass is 32.2. The number of fused-ring (bicyclic) bond motifs is 1. The minimum absolute atomic E-state index is 0.281. The van der Waals surface area contributed by atoms with E-state index in [0.717, 1.165) is 5.56 Å². The SMILES string of the molecule is CS(=O)(=O)N1CCc2cc(C(=O)Nc3ccc(C(=O)Nc4nccs4)cc3)ccc21. The first-order chi connectivity index (χ1) is 14.3. The lowest BCUT2D eigenvalue weighted by atomic mass is 10.1. The van der Waals surface area contributed by atoms with Crippen molar-refractivity contribution in [2.75, 3.05) is 27.7 Å². The van der Waals surface area contributed by atoms with Crippen LogP contribution in [0.25, 0.3) is 0 Å². The molecule has 4 rings (SSSR count). The summed E-state index contributed by atoms with van der Waals surface area (Å²) in [6.45, 7) is 0.379. The van der Waals surface area contributed by atoms with Gasteiger partial charge in [-0.1, -0.05) is 0 Å². The smallest absolute Gasteiger partial charge is 0.257 e. The molecule has 2 amide bonds. The zero-order valence-corrected chi connectivity index (χ0v) is 17.6. The molecule has 30 heavy (non-hydrogen) atoms. The minimum atomic E-state index is -3.33. The van der Waals surface area contributed by atoms with E-state index in [1.54, 1.807) is 54.0 Å². The lowest BCUT2D eigenvalue weighted by Crippen LogP contribution is -2.27. The van der Waals surface area contributed by atoms with E-state index in [1.807, 2.05) is 0 Å². The molecule has 10 heteroatoms. The summed E-state index contributed by atoms with van der Waals surface area (Å²) in [5.41, 5.74) is 2.87. The number of sulfonamides is 1. The Bertz CT molecular complexity index is 1210. The second kappa shape index (κ2) is 7.88. The van der Waals surface area contributed by atoms with Crippen molar-refractivity contribution in [2.45, 2.75) is 6.42 Å². The quantitative estimate of drug-likeness (QED) is 0.632. The Balaban J connectivity index is 1.44. The molecule has 0 saturated carbocycles. The molecule has 0 bridgehead atoms. The van der Waals surface area contributed by atoms with Crippen LogP contribution in [0.4, 0.5) is 16.5 Å². The Kier molecular flexibility index (Phi) is 5.27. The lowest BCUT2D eigenvalue weighted by Gasteiger charge is -2.16. The van der Waals surface area contributed by atoms with E-state index >= 15 is 0 Å². The second-order valence-corrected chi connectivity index (χ2v) is 9.55. The predicted molar refractivity (Wildman–Crippen MR) is 117 cm³/mol. The van der Waals surface area contributed by atoms with Crippen LogP contribution in [0.15, 0.2) is 54.0 Å². The van der Waals surface area contributed by atoms with Crippen molar-refractivity contribution >= 4 is 49.7 Å². The third kappa shape index (κ3) is 4.19. The van der Waals surface area contributed by atoms with Crippen LogP contribution in [0.2, 0.25) is 0 Å². The minimum Gasteiger partial charge on any atom is -0.322 e. The summed E-state index contributed by atoms with van der Waals surface area (Å²) >= 11 is 1.33. The maximum atomic E-state index is 12.6. The Morgan fingerprint density at radius 2 is 1.73 bits per heavy atom. The monoisotopic (exact) mass is 442 g/mol. The maximum absolute atomic E-state index is 12.6. The summed E-state index contributed by atoms with van der Waals surface area (Å²) in [6.07, 6.45) is 3.34. The highest BCUT2D eigenvalue weighted by molar-refractivity contribution is 7.92. The topological polar surface area (TPSA) is 108 Å². The van der Waals surface area contributed by atoms with Gasteiger partial charge in [0.05, 0.1) is 11.9 Å². The molecule has 0 saturated heterocycles. The summed E-state index contributed by atoms with van der Waals surface area (Å²) in [6, 6.07) is 11.5. The molecule has 2 N–H and O–H groups in total. The average Bonchev–Trinajstić information content (AvgIpc) is 3.37. The van der Waals surface area contributed by atoms with Gasteiger partial charge in [-0.25, -0.2) is 13.4 Å². The van der Waals surface area contributed by atoms with Crippen LogP contribution in [-0.2, 0) is 16.4 Å². The lowest BCUT2D eigenvalue weighted by molar-refractivity contribution is 0.102. The molecular formula is C20H18N4O4S2. The highest BCUT2D eigenvalue weighted by Gasteiger charge is 2.26. The number of aromatic nitrogens is 1. The number of nitrogens with one attached hydrogen (secondary N) is 2. The van der Waals surface area contributed by atoms with Crippen molar-refractivity contribution in [2.24, 2.45) is 0 Å². The van der Waals surface area contributed by atoms with E-state index in [0.29, 0.717) is 40.6 Å². The second-order valence-electron chi connectivity index (χ2n) is 6.75. The molecule has 2 aromatic carbocycles. The molecule has 0 unspecified atom stereocenters. The molecule has 3 aromatic rings. The number of thiazole rings is 1. The van der Waals surface area contributed by atoms with Gasteiger partial charge in [0, 0.05) is 34.9 Å². The molecule has 0 aliphatic carbocycles. The molecule has 1 aromatic heterocycles. The van der Waals surface area contributed by atoms with Crippen LogP contribution in [0.5, 0.6) is 0 Å². The largest absolute Gasteiger partial charge is 0.322 e. The zero-order chi connectivity index (χ0) is 21.3. The molecule has 154 valence electrons. The summed E-state index contributed by atoms with van der Waals surface area (Å²) in [7, 11) is -3.33. The van der Waals surface area contributed by atoms with Crippen molar-refractivity contribution in [3.8, 4) is 0 Å². The highest BCUT2D eigenvalue weighted by Crippen LogP contribution is 2.31. The maximum Gasteiger partial charge on any atom is 0.257 e. The molecule has 0 atom stereocenters. The molecule has 0 radical (unpaired) electrons. The number of anilines is 3. The van der Waals surface area contributed by atoms with Crippen molar-refractivity contribution < 1.29 is 18.0 Å². The molecule has 0 fully saturated rings. The van der Waals surface area contributed by atoms with Gasteiger partial charge in [0.1, 0.15) is 0 Å². The van der Waals surface area contributed by atoms with Crippen molar-refractivity contribution in [3.05, 3.63) is 70.7 Å². The fraction of sp³-hybridized carbons (Fsp3) is 0.150. The summed E-state index contributed by atoms with van der Waals surface area (Å²) in [4.78, 5) is 28.8. The van der Waals surface area contributed by atoms with Gasteiger partial charge in [0.25, 0.3) is 11.8 Å². The number of rotatable bonds is 5. The standard InChI is InChI=1S/C20H18N4O4S2/c1-30(27,28)24-10-8-14-12-15(4-7-17(14)24)19(26)22-16-5-2-13(3-6-16)18(25)23-20-21-9-11-29-20/h2-7,9,11-12H,8,10H2,1H3,(H,22,26)(H,21,23,25). The van der Waals surface area contributed by atoms with E-state index in [1.165, 1.54) is 21.9 Å². The van der Waals surface area contributed by atoms with Crippen LogP contribution in [0.1, 0.15) is 26.3 Å². The number of amides is 2. The van der Waals surface area contributed by atoms with E-state index in [4.69, 9.17) is 0 Å². The fourth-order valence-corrected chi connectivity index (χ4v) is 4.70. The molecule has 1 aliphatic heterocycles. The van der Waals surface area contributed by atoms with Gasteiger partial charge in [-0.3, -0.25) is 19.2 Å². The average molecular weight is 443 g/mol. The molecular weight excluding hydrogens is 424 g/mol. The number of nitrogens with zero attached hydrogens (tertiary/aromatic N) is 2. The van der Waals surface area contributed by atoms with Crippen LogP contribution in [-0.4, -0.2) is 38.0 Å². The van der Waals surface area contributed by atoms with Gasteiger partial charge in [-0.2, -0.15) is 0 Å². The first-order valence-corrected chi connectivity index (χ1v) is 11.8. The Morgan fingerprint density at radius 1 is 1.03 bits per heavy atom. The normalized spacial score (nSPS) is 13.0. The van der Waals surface area contributed by atoms with Crippen LogP contribution in [0, 0.1) is 0 Å². The summed E-state index contributed by atoms with van der Waals surface area (Å²) in [5, 5.41) is 7.77. The van der Waals surface area contributed by atoms with Gasteiger partial charge < -0.3 is 5.32 Å². The van der Waals surface area contributed by atoms with E-state index < -0.39 is 10.0 Å². The molecule has 8 nitrogen and oxygen atoms in total. The number of benzene rings is 2. The van der Waals surface area contributed by atoms with Gasteiger partial charge in [-0.05, 0) is 54.4 Å². The van der Waals surface area contributed by atoms with Crippen LogP contribution in [0.3, 0.4) is 0 Å². The number of carbonyl (C=O) groups is 2. The first-order valence-electron chi connectivity index (χ1n) is 9.04. The van der Waals surface area contributed by atoms with Gasteiger partial charge in [0.15, 0.2) is 5.13 Å². The predicted octanol–water partition coefficient (Wildman–Crippen LogP) is 2.97. The number of hydrogen-bond acceptors (Lipinski definition) is 6. The molecule has 0 spiro atoms. The molecule has 1 aliphatic rings. The van der Waals surface area contributed by atoms with Gasteiger partial charge in [0.2, 0.25) is 10.0 Å². The first kappa shape index (κ1) is 20.0. The third-order valence-electron chi connectivity index (χ3n) is 4.65. The van der Waals surface area contributed by atoms with Crippen molar-refractivity contribution in [1.29, 1.82) is 0 Å². The Morgan fingerprint density at radius 3 is 2.40 bits per heavy atom. The van der Waals surface area contributed by atoms with Crippen LogP contribution < -0.4 is 14.9 Å².